The van der Waals surface area contributed by atoms with E-state index in [1.807, 2.05) is 0 Å². The van der Waals surface area contributed by atoms with Gasteiger partial charge in [-0.25, -0.2) is 4.39 Å². The zero-order chi connectivity index (χ0) is 9.14. The fraction of sp³-hybridized carbons (Fsp3) is 0.222. The summed E-state index contributed by atoms with van der Waals surface area (Å²) in [5.74, 6) is -1.07. The van der Waals surface area contributed by atoms with Crippen LogP contribution in [0.15, 0.2) is 24.3 Å². The van der Waals surface area contributed by atoms with Crippen LogP contribution in [0.5, 0.6) is 0 Å². The number of benzene rings is 1. The van der Waals surface area contributed by atoms with Crippen molar-refractivity contribution < 1.29 is 9.18 Å². The number of nitrogens with two attached hydrogens (primary N) is 1. The minimum absolute atomic E-state index is 0.310. The Labute approximate surface area is 70.2 Å². The number of halogens is 1. The summed E-state index contributed by atoms with van der Waals surface area (Å²) in [6.07, 6.45) is 0. The molecule has 0 radical (unpaired) electrons. The number of carbonyl (C=O) groups is 1. The molecule has 0 unspecified atom stereocenters. The van der Waals surface area contributed by atoms with Crippen molar-refractivity contribution in [3.05, 3.63) is 35.6 Å². The van der Waals surface area contributed by atoms with Crippen molar-refractivity contribution in [2.45, 2.75) is 12.8 Å². The Morgan fingerprint density at radius 2 is 1.92 bits per heavy atom. The second kappa shape index (κ2) is 3.34. The molecule has 1 aromatic rings. The van der Waals surface area contributed by atoms with Gasteiger partial charge in [0, 0.05) is 0 Å². The molecule has 12 heavy (non-hydrogen) atoms. The third kappa shape index (κ3) is 1.81. The van der Waals surface area contributed by atoms with Gasteiger partial charge in [-0.1, -0.05) is 12.1 Å². The van der Waals surface area contributed by atoms with E-state index in [9.17, 15) is 9.18 Å². The molecule has 1 amide bonds. The third-order valence-corrected chi connectivity index (χ3v) is 1.80. The molecule has 0 aromatic heterocycles. The molecule has 1 aromatic carbocycles. The number of rotatable bonds is 2. The van der Waals surface area contributed by atoms with E-state index in [2.05, 4.69) is 0 Å². The minimum Gasteiger partial charge on any atom is -0.369 e. The molecule has 2 nitrogen and oxygen atoms in total. The van der Waals surface area contributed by atoms with Gasteiger partial charge < -0.3 is 5.73 Å². The van der Waals surface area contributed by atoms with Crippen LogP contribution in [0.1, 0.15) is 18.4 Å². The van der Waals surface area contributed by atoms with Gasteiger partial charge in [0.25, 0.3) is 0 Å². The van der Waals surface area contributed by atoms with Gasteiger partial charge >= 0.3 is 0 Å². The van der Waals surface area contributed by atoms with Crippen molar-refractivity contribution in [3.63, 3.8) is 0 Å². The highest BCUT2D eigenvalue weighted by atomic mass is 19.1. The molecule has 0 saturated heterocycles. The lowest BCUT2D eigenvalue weighted by Gasteiger charge is -2.05. The molecule has 1 rings (SSSR count). The molecular formula is C9H10FNO. The quantitative estimate of drug-likeness (QED) is 0.711. The Bertz CT molecular complexity index is 281. The van der Waals surface area contributed by atoms with Gasteiger partial charge in [-0.05, 0) is 24.6 Å². The number of amides is 1. The fourth-order valence-corrected chi connectivity index (χ4v) is 0.916. The highest BCUT2D eigenvalue weighted by molar-refractivity contribution is 5.81. The van der Waals surface area contributed by atoms with Gasteiger partial charge in [0.2, 0.25) is 5.91 Å². The van der Waals surface area contributed by atoms with E-state index in [1.54, 1.807) is 19.1 Å². The fourth-order valence-electron chi connectivity index (χ4n) is 0.916. The summed E-state index contributed by atoms with van der Waals surface area (Å²) in [6, 6.07) is 5.75. The van der Waals surface area contributed by atoms with E-state index in [0.29, 0.717) is 0 Å². The van der Waals surface area contributed by atoms with Gasteiger partial charge in [-0.15, -0.1) is 0 Å². The highest BCUT2D eigenvalue weighted by Gasteiger charge is 2.10. The zero-order valence-electron chi connectivity index (χ0n) is 6.75. The lowest BCUT2D eigenvalue weighted by Crippen LogP contribution is -2.18. The average Bonchev–Trinajstić information content (AvgIpc) is 2.04. The van der Waals surface area contributed by atoms with Crippen LogP contribution in [-0.4, -0.2) is 5.91 Å². The number of hydrogen-bond donors (Lipinski definition) is 1. The Kier molecular flexibility index (Phi) is 2.43. The van der Waals surface area contributed by atoms with Crippen LogP contribution in [0.3, 0.4) is 0 Å². The molecule has 0 aliphatic carbocycles. The molecule has 0 aliphatic heterocycles. The van der Waals surface area contributed by atoms with Gasteiger partial charge in [0.1, 0.15) is 5.82 Å². The van der Waals surface area contributed by atoms with Crippen LogP contribution in [0.25, 0.3) is 0 Å². The number of primary amides is 1. The summed E-state index contributed by atoms with van der Waals surface area (Å²) >= 11 is 0. The lowest BCUT2D eigenvalue weighted by molar-refractivity contribution is -0.119. The maximum Gasteiger partial charge on any atom is 0.224 e. The molecule has 0 bridgehead atoms. The van der Waals surface area contributed by atoms with Crippen molar-refractivity contribution in [1.82, 2.24) is 0 Å². The van der Waals surface area contributed by atoms with Gasteiger partial charge in [0.05, 0.1) is 5.92 Å². The van der Waals surface area contributed by atoms with Crippen molar-refractivity contribution in [2.75, 3.05) is 0 Å². The van der Waals surface area contributed by atoms with E-state index in [0.717, 1.165) is 5.56 Å². The summed E-state index contributed by atoms with van der Waals surface area (Å²) in [5, 5.41) is 0. The van der Waals surface area contributed by atoms with E-state index >= 15 is 0 Å². The smallest absolute Gasteiger partial charge is 0.224 e. The normalized spacial score (nSPS) is 12.5. The van der Waals surface area contributed by atoms with Gasteiger partial charge in [0.15, 0.2) is 0 Å². The first-order chi connectivity index (χ1) is 5.61. The Hall–Kier alpha value is -1.38. The van der Waals surface area contributed by atoms with Crippen molar-refractivity contribution in [3.8, 4) is 0 Å². The van der Waals surface area contributed by atoms with E-state index in [-0.39, 0.29) is 11.7 Å². The summed E-state index contributed by atoms with van der Waals surface area (Å²) in [5.41, 5.74) is 5.81. The highest BCUT2D eigenvalue weighted by Crippen LogP contribution is 2.14. The van der Waals surface area contributed by atoms with Crippen molar-refractivity contribution >= 4 is 5.91 Å². The predicted octanol–water partition coefficient (Wildman–Crippen LogP) is 1.41. The first-order valence-corrected chi connectivity index (χ1v) is 3.66. The summed E-state index contributed by atoms with van der Waals surface area (Å²) < 4.78 is 12.4. The largest absolute Gasteiger partial charge is 0.369 e. The van der Waals surface area contributed by atoms with Crippen LogP contribution in [0.2, 0.25) is 0 Å². The molecule has 0 saturated carbocycles. The summed E-state index contributed by atoms with van der Waals surface area (Å²) in [6.45, 7) is 1.69. The van der Waals surface area contributed by atoms with Crippen molar-refractivity contribution in [1.29, 1.82) is 0 Å². The second-order valence-electron chi connectivity index (χ2n) is 2.68. The molecule has 1 atom stereocenters. The van der Waals surface area contributed by atoms with Crippen LogP contribution < -0.4 is 5.73 Å². The van der Waals surface area contributed by atoms with E-state index in [1.165, 1.54) is 12.1 Å². The van der Waals surface area contributed by atoms with Crippen LogP contribution in [0, 0.1) is 5.82 Å². The first kappa shape index (κ1) is 8.71. The molecular weight excluding hydrogens is 157 g/mol. The second-order valence-corrected chi connectivity index (χ2v) is 2.68. The monoisotopic (exact) mass is 167 g/mol. The van der Waals surface area contributed by atoms with Crippen molar-refractivity contribution in [2.24, 2.45) is 5.73 Å². The summed E-state index contributed by atoms with van der Waals surface area (Å²) in [7, 11) is 0. The molecule has 0 aliphatic rings. The van der Waals surface area contributed by atoms with Crippen LogP contribution in [0.4, 0.5) is 4.39 Å². The summed E-state index contributed by atoms with van der Waals surface area (Å²) in [4.78, 5) is 10.7. The third-order valence-electron chi connectivity index (χ3n) is 1.80. The first-order valence-electron chi connectivity index (χ1n) is 3.66. The molecule has 0 fully saturated rings. The standard InChI is InChI=1S/C9H10FNO/c1-6(9(11)12)7-2-4-8(10)5-3-7/h2-6H,1H3,(H2,11,12)/t6-/m1/s1. The maximum atomic E-state index is 12.4. The molecule has 3 heteroatoms. The minimum atomic E-state index is -0.401. The van der Waals surface area contributed by atoms with Crippen LogP contribution in [-0.2, 0) is 4.79 Å². The molecule has 64 valence electrons. The Morgan fingerprint density at radius 1 is 1.42 bits per heavy atom. The van der Waals surface area contributed by atoms with Gasteiger partial charge in [-0.2, -0.15) is 0 Å². The van der Waals surface area contributed by atoms with E-state index in [4.69, 9.17) is 5.73 Å². The lowest BCUT2D eigenvalue weighted by atomic mass is 10.0. The predicted molar refractivity (Wildman–Crippen MR) is 44.0 cm³/mol. The topological polar surface area (TPSA) is 43.1 Å². The SMILES string of the molecule is C[C@@H](C(N)=O)c1ccc(F)cc1. The van der Waals surface area contributed by atoms with Gasteiger partial charge in [-0.3, -0.25) is 4.79 Å². The number of carbonyl (C=O) groups excluding carboxylic acids is 1. The van der Waals surface area contributed by atoms with Crippen LogP contribution >= 0.6 is 0 Å². The molecule has 2 N–H and O–H groups in total. The Morgan fingerprint density at radius 3 is 2.33 bits per heavy atom. The zero-order valence-corrected chi connectivity index (χ0v) is 6.75. The molecule has 0 spiro atoms. The maximum absolute atomic E-state index is 12.4. The van der Waals surface area contributed by atoms with E-state index < -0.39 is 5.91 Å². The number of hydrogen-bond acceptors (Lipinski definition) is 1. The Balaban J connectivity index is 2.89. The molecule has 0 heterocycles. The average molecular weight is 167 g/mol.